The lowest BCUT2D eigenvalue weighted by atomic mass is 10.2. The van der Waals surface area contributed by atoms with Crippen molar-refractivity contribution in [2.45, 2.75) is 38.4 Å². The quantitative estimate of drug-likeness (QED) is 0.923. The van der Waals surface area contributed by atoms with E-state index in [9.17, 15) is 0 Å². The fourth-order valence-electron chi connectivity index (χ4n) is 3.12. The van der Waals surface area contributed by atoms with Gasteiger partial charge < -0.3 is 19.7 Å². The van der Waals surface area contributed by atoms with Gasteiger partial charge in [-0.05, 0) is 44.9 Å². The van der Waals surface area contributed by atoms with Crippen LogP contribution in [0.5, 0.6) is 5.75 Å². The molecular weight excluding hydrogens is 264 g/mol. The summed E-state index contributed by atoms with van der Waals surface area (Å²) in [5.41, 5.74) is 1.22. The standard InChI is InChI=1S/C17H26N2O2/c1-14-7-8-15(21-14)13-20-17-6-3-2-5-16(17)19-11-4-9-18-10-12-19/h2-3,5-6,14-15,18H,4,7-13H2,1H3. The van der Waals surface area contributed by atoms with E-state index in [0.29, 0.717) is 12.7 Å². The molecule has 3 rings (SSSR count). The van der Waals surface area contributed by atoms with Crippen molar-refractivity contribution in [3.63, 3.8) is 0 Å². The van der Waals surface area contributed by atoms with Crippen LogP contribution in [0.25, 0.3) is 0 Å². The number of hydrogen-bond donors (Lipinski definition) is 1. The average molecular weight is 290 g/mol. The predicted molar refractivity (Wildman–Crippen MR) is 85.2 cm³/mol. The lowest BCUT2D eigenvalue weighted by Crippen LogP contribution is -2.28. The minimum Gasteiger partial charge on any atom is -0.489 e. The van der Waals surface area contributed by atoms with E-state index in [2.05, 4.69) is 35.3 Å². The number of hydrogen-bond acceptors (Lipinski definition) is 4. The second kappa shape index (κ2) is 7.14. The summed E-state index contributed by atoms with van der Waals surface area (Å²) in [6, 6.07) is 8.38. The zero-order valence-electron chi connectivity index (χ0n) is 12.9. The molecule has 0 bridgehead atoms. The Morgan fingerprint density at radius 2 is 2.14 bits per heavy atom. The summed E-state index contributed by atoms with van der Waals surface area (Å²) in [5, 5.41) is 3.45. The Balaban J connectivity index is 1.64. The summed E-state index contributed by atoms with van der Waals surface area (Å²) in [7, 11) is 0. The number of nitrogens with zero attached hydrogens (tertiary/aromatic N) is 1. The maximum absolute atomic E-state index is 6.08. The number of rotatable bonds is 4. The van der Waals surface area contributed by atoms with Gasteiger partial charge in [-0.2, -0.15) is 0 Å². The van der Waals surface area contributed by atoms with Crippen LogP contribution in [0, 0.1) is 0 Å². The highest BCUT2D eigenvalue weighted by molar-refractivity contribution is 5.58. The molecule has 0 aliphatic carbocycles. The van der Waals surface area contributed by atoms with Crippen LogP contribution >= 0.6 is 0 Å². The van der Waals surface area contributed by atoms with Crippen molar-refractivity contribution in [3.05, 3.63) is 24.3 Å². The van der Waals surface area contributed by atoms with Gasteiger partial charge >= 0.3 is 0 Å². The Kier molecular flexibility index (Phi) is 4.99. The van der Waals surface area contributed by atoms with Gasteiger partial charge in [0.05, 0.1) is 17.9 Å². The Labute approximate surface area is 127 Å². The summed E-state index contributed by atoms with van der Waals surface area (Å²) in [6.07, 6.45) is 4.06. The molecule has 2 fully saturated rings. The lowest BCUT2D eigenvalue weighted by molar-refractivity contribution is 0.0266. The van der Waals surface area contributed by atoms with Crippen LogP contribution in [-0.2, 0) is 4.74 Å². The third-order valence-corrected chi connectivity index (χ3v) is 4.29. The highest BCUT2D eigenvalue weighted by Gasteiger charge is 2.23. The Morgan fingerprint density at radius 3 is 3.00 bits per heavy atom. The molecule has 4 nitrogen and oxygen atoms in total. The molecule has 0 radical (unpaired) electrons. The normalized spacial score (nSPS) is 26.6. The molecule has 21 heavy (non-hydrogen) atoms. The molecule has 2 heterocycles. The molecule has 4 heteroatoms. The van der Waals surface area contributed by atoms with Crippen LogP contribution in [0.1, 0.15) is 26.2 Å². The summed E-state index contributed by atoms with van der Waals surface area (Å²) >= 11 is 0. The van der Waals surface area contributed by atoms with E-state index in [-0.39, 0.29) is 6.10 Å². The van der Waals surface area contributed by atoms with Gasteiger partial charge in [-0.1, -0.05) is 12.1 Å². The van der Waals surface area contributed by atoms with Crippen LogP contribution in [0.4, 0.5) is 5.69 Å². The lowest BCUT2D eigenvalue weighted by Gasteiger charge is -2.25. The molecule has 1 N–H and O–H groups in total. The maximum Gasteiger partial charge on any atom is 0.142 e. The van der Waals surface area contributed by atoms with Gasteiger partial charge in [0.2, 0.25) is 0 Å². The zero-order chi connectivity index (χ0) is 14.5. The molecule has 2 aliphatic heterocycles. The molecule has 2 aliphatic rings. The van der Waals surface area contributed by atoms with Crippen LogP contribution in [0.2, 0.25) is 0 Å². The van der Waals surface area contributed by atoms with E-state index in [1.807, 2.05) is 6.07 Å². The molecule has 1 aromatic carbocycles. The van der Waals surface area contributed by atoms with Gasteiger partial charge in [0.1, 0.15) is 12.4 Å². The van der Waals surface area contributed by atoms with Crippen LogP contribution in [0.15, 0.2) is 24.3 Å². The second-order valence-electron chi connectivity index (χ2n) is 6.02. The minimum atomic E-state index is 0.249. The first-order chi connectivity index (χ1) is 10.3. The first-order valence-electron chi connectivity index (χ1n) is 8.16. The summed E-state index contributed by atoms with van der Waals surface area (Å²) < 4.78 is 11.9. The molecule has 2 unspecified atom stereocenters. The topological polar surface area (TPSA) is 33.7 Å². The third kappa shape index (κ3) is 3.89. The monoisotopic (exact) mass is 290 g/mol. The van der Waals surface area contributed by atoms with E-state index in [1.165, 1.54) is 12.1 Å². The van der Waals surface area contributed by atoms with Crippen molar-refractivity contribution in [1.29, 1.82) is 0 Å². The van der Waals surface area contributed by atoms with Crippen molar-refractivity contribution < 1.29 is 9.47 Å². The first-order valence-corrected chi connectivity index (χ1v) is 8.16. The Morgan fingerprint density at radius 1 is 1.24 bits per heavy atom. The molecular formula is C17H26N2O2. The van der Waals surface area contributed by atoms with Gasteiger partial charge in [0, 0.05) is 19.6 Å². The van der Waals surface area contributed by atoms with E-state index >= 15 is 0 Å². The van der Waals surface area contributed by atoms with Crippen LogP contribution in [0.3, 0.4) is 0 Å². The number of ether oxygens (including phenoxy) is 2. The van der Waals surface area contributed by atoms with E-state index < -0.39 is 0 Å². The summed E-state index contributed by atoms with van der Waals surface area (Å²) in [5.74, 6) is 0.988. The van der Waals surface area contributed by atoms with Crippen LogP contribution in [-0.4, -0.2) is 45.0 Å². The molecule has 0 aromatic heterocycles. The van der Waals surface area contributed by atoms with Crippen LogP contribution < -0.4 is 15.0 Å². The summed E-state index contributed by atoms with van der Waals surface area (Å²) in [4.78, 5) is 2.42. The number of anilines is 1. The molecule has 2 atom stereocenters. The fourth-order valence-corrected chi connectivity index (χ4v) is 3.12. The minimum absolute atomic E-state index is 0.249. The van der Waals surface area contributed by atoms with Gasteiger partial charge in [0.25, 0.3) is 0 Å². The van der Waals surface area contributed by atoms with Gasteiger partial charge in [0.15, 0.2) is 0 Å². The molecule has 116 valence electrons. The number of benzene rings is 1. The molecule has 0 spiro atoms. The first kappa shape index (κ1) is 14.7. The maximum atomic E-state index is 6.08. The van der Waals surface area contributed by atoms with Crippen molar-refractivity contribution in [2.24, 2.45) is 0 Å². The van der Waals surface area contributed by atoms with Crippen molar-refractivity contribution in [1.82, 2.24) is 5.32 Å². The van der Waals surface area contributed by atoms with Crippen molar-refractivity contribution >= 4 is 5.69 Å². The van der Waals surface area contributed by atoms with Gasteiger partial charge in [-0.3, -0.25) is 0 Å². The van der Waals surface area contributed by atoms with Gasteiger partial charge in [-0.25, -0.2) is 0 Å². The Bertz CT molecular complexity index is 444. The number of para-hydroxylation sites is 2. The van der Waals surface area contributed by atoms with E-state index in [0.717, 1.165) is 44.8 Å². The largest absolute Gasteiger partial charge is 0.489 e. The average Bonchev–Trinajstić information content (AvgIpc) is 2.76. The van der Waals surface area contributed by atoms with E-state index in [1.54, 1.807) is 0 Å². The highest BCUT2D eigenvalue weighted by Crippen LogP contribution is 2.29. The SMILES string of the molecule is CC1CCC(COc2ccccc2N2CCCNCC2)O1. The molecule has 0 saturated carbocycles. The zero-order valence-corrected chi connectivity index (χ0v) is 12.9. The van der Waals surface area contributed by atoms with E-state index in [4.69, 9.17) is 9.47 Å². The predicted octanol–water partition coefficient (Wildman–Crippen LogP) is 2.43. The highest BCUT2D eigenvalue weighted by atomic mass is 16.5. The van der Waals surface area contributed by atoms with Crippen molar-refractivity contribution in [2.75, 3.05) is 37.7 Å². The third-order valence-electron chi connectivity index (χ3n) is 4.29. The molecule has 1 aromatic rings. The molecule has 0 amide bonds. The van der Waals surface area contributed by atoms with Gasteiger partial charge in [-0.15, -0.1) is 0 Å². The summed E-state index contributed by atoms with van der Waals surface area (Å²) in [6.45, 7) is 7.07. The Hall–Kier alpha value is -1.26. The molecule has 2 saturated heterocycles. The smallest absolute Gasteiger partial charge is 0.142 e. The second-order valence-corrected chi connectivity index (χ2v) is 6.02. The fraction of sp³-hybridized carbons (Fsp3) is 0.647. The van der Waals surface area contributed by atoms with Crippen molar-refractivity contribution in [3.8, 4) is 5.75 Å². The number of nitrogens with one attached hydrogen (secondary N) is 1.